The van der Waals surface area contributed by atoms with Crippen LogP contribution in [0, 0.1) is 6.92 Å². The molecule has 1 aromatic carbocycles. The summed E-state index contributed by atoms with van der Waals surface area (Å²) < 4.78 is 0. The molecule has 0 aliphatic carbocycles. The molecule has 162 valence electrons. The molecule has 0 saturated heterocycles. The normalized spacial score (nSPS) is 14.7. The summed E-state index contributed by atoms with van der Waals surface area (Å²) in [7, 11) is 0. The Kier molecular flexibility index (Phi) is 6.48. The highest BCUT2D eigenvalue weighted by Gasteiger charge is 2.25. The molecule has 3 N–H and O–H groups in total. The number of nitrogens with zero attached hydrogens (tertiary/aromatic N) is 1. The van der Waals surface area contributed by atoms with Gasteiger partial charge >= 0.3 is 5.69 Å². The van der Waals surface area contributed by atoms with E-state index in [-0.39, 0.29) is 24.8 Å². The summed E-state index contributed by atoms with van der Waals surface area (Å²) in [5, 5.41) is 5.20. The predicted molar refractivity (Wildman–Crippen MR) is 121 cm³/mol. The number of aromatic amines is 2. The van der Waals surface area contributed by atoms with Crippen LogP contribution in [0.15, 0.2) is 51.4 Å². The Morgan fingerprint density at radius 3 is 2.77 bits per heavy atom. The lowest BCUT2D eigenvalue weighted by Crippen LogP contribution is -2.40. The molecule has 0 bridgehead atoms. The van der Waals surface area contributed by atoms with Gasteiger partial charge < -0.3 is 10.3 Å². The molecule has 3 aromatic rings. The molecule has 0 spiro atoms. The van der Waals surface area contributed by atoms with Gasteiger partial charge in [-0.05, 0) is 42.3 Å². The van der Waals surface area contributed by atoms with Crippen molar-refractivity contribution in [1.82, 2.24) is 20.2 Å². The zero-order valence-electron chi connectivity index (χ0n) is 17.4. The van der Waals surface area contributed by atoms with Crippen molar-refractivity contribution in [2.24, 2.45) is 0 Å². The average molecular weight is 439 g/mol. The topological polar surface area (TPSA) is 98.1 Å². The first kappa shape index (κ1) is 21.3. The number of benzene rings is 1. The van der Waals surface area contributed by atoms with Crippen LogP contribution < -0.4 is 16.6 Å². The van der Waals surface area contributed by atoms with E-state index >= 15 is 0 Å². The third kappa shape index (κ3) is 5.03. The number of rotatable bonds is 7. The quantitative estimate of drug-likeness (QED) is 0.527. The molecule has 0 unspecified atom stereocenters. The second kappa shape index (κ2) is 9.45. The molecule has 1 aliphatic heterocycles. The van der Waals surface area contributed by atoms with Crippen molar-refractivity contribution in [3.63, 3.8) is 0 Å². The fourth-order valence-corrected chi connectivity index (χ4v) is 5.02. The van der Waals surface area contributed by atoms with Crippen LogP contribution in [0.5, 0.6) is 0 Å². The molecule has 1 amide bonds. The number of amides is 1. The zero-order valence-corrected chi connectivity index (χ0v) is 18.3. The van der Waals surface area contributed by atoms with Crippen molar-refractivity contribution in [3.05, 3.63) is 89.9 Å². The summed E-state index contributed by atoms with van der Waals surface area (Å²) in [4.78, 5) is 44.6. The second-order valence-electron chi connectivity index (χ2n) is 7.83. The van der Waals surface area contributed by atoms with E-state index in [0.29, 0.717) is 17.8 Å². The van der Waals surface area contributed by atoms with Gasteiger partial charge in [0, 0.05) is 42.2 Å². The maximum atomic E-state index is 12.6. The summed E-state index contributed by atoms with van der Waals surface area (Å²) >= 11 is 1.81. The lowest BCUT2D eigenvalue weighted by atomic mass is 10.0. The van der Waals surface area contributed by atoms with Crippen LogP contribution in [0.2, 0.25) is 0 Å². The third-order valence-electron chi connectivity index (χ3n) is 5.81. The Balaban J connectivity index is 1.41. The summed E-state index contributed by atoms with van der Waals surface area (Å²) in [5.74, 6) is -0.112. The van der Waals surface area contributed by atoms with Gasteiger partial charge in [0.05, 0.1) is 6.04 Å². The van der Waals surface area contributed by atoms with Crippen molar-refractivity contribution in [3.8, 4) is 0 Å². The first-order valence-electron chi connectivity index (χ1n) is 10.4. The third-order valence-corrected chi connectivity index (χ3v) is 6.83. The number of carbonyl (C=O) groups excluding carboxylic acids is 1. The maximum Gasteiger partial charge on any atom is 0.325 e. The molecule has 4 rings (SSSR count). The number of aryl methyl sites for hydroxylation is 1. The van der Waals surface area contributed by atoms with Crippen molar-refractivity contribution in [1.29, 1.82) is 0 Å². The van der Waals surface area contributed by atoms with Gasteiger partial charge in [0.25, 0.3) is 5.56 Å². The number of carbonyl (C=O) groups is 1. The molecular formula is C23H26N4O3S. The van der Waals surface area contributed by atoms with Crippen LogP contribution >= 0.6 is 11.3 Å². The minimum Gasteiger partial charge on any atom is -0.354 e. The largest absolute Gasteiger partial charge is 0.354 e. The molecule has 8 heteroatoms. The molecule has 0 saturated carbocycles. The van der Waals surface area contributed by atoms with Crippen LogP contribution in [0.1, 0.15) is 39.7 Å². The minimum absolute atomic E-state index is 0.0800. The standard InChI is InChI=1S/C23H26N4O3S/c1-15-18(22(29)26-23(30)25-15)7-8-21(28)24-13-19(16-5-3-2-4-6-16)27-11-9-20-17(14-27)10-12-31-20/h2-6,10,12,19H,7-9,11,13-14H2,1H3,(H,24,28)(H2,25,26,29,30)/t19-/m0/s1. The number of H-pyrrole nitrogens is 2. The zero-order chi connectivity index (χ0) is 21.8. The van der Waals surface area contributed by atoms with Gasteiger partial charge in [-0.3, -0.25) is 19.5 Å². The molecule has 31 heavy (non-hydrogen) atoms. The number of hydrogen-bond acceptors (Lipinski definition) is 5. The molecule has 0 radical (unpaired) electrons. The number of fused-ring (bicyclic) bond motifs is 1. The van der Waals surface area contributed by atoms with E-state index in [2.05, 4.69) is 43.8 Å². The second-order valence-corrected chi connectivity index (χ2v) is 8.83. The van der Waals surface area contributed by atoms with Crippen LogP contribution in [-0.2, 0) is 24.2 Å². The van der Waals surface area contributed by atoms with Gasteiger partial charge in [0.2, 0.25) is 5.91 Å². The smallest absolute Gasteiger partial charge is 0.325 e. The molecule has 3 heterocycles. The predicted octanol–water partition coefficient (Wildman–Crippen LogP) is 2.28. The number of thiophene rings is 1. The van der Waals surface area contributed by atoms with Crippen LogP contribution in [0.4, 0.5) is 0 Å². The highest BCUT2D eigenvalue weighted by molar-refractivity contribution is 7.10. The molecule has 0 fully saturated rings. The number of hydrogen-bond donors (Lipinski definition) is 3. The molecule has 1 atom stereocenters. The van der Waals surface area contributed by atoms with Gasteiger partial charge in [-0.25, -0.2) is 4.79 Å². The minimum atomic E-state index is -0.531. The molecule has 2 aromatic heterocycles. The fourth-order valence-electron chi connectivity index (χ4n) is 4.13. The summed E-state index contributed by atoms with van der Waals surface area (Å²) in [6.45, 7) is 4.00. The lowest BCUT2D eigenvalue weighted by molar-refractivity contribution is -0.121. The van der Waals surface area contributed by atoms with Crippen LogP contribution in [0.3, 0.4) is 0 Å². The van der Waals surface area contributed by atoms with Crippen LogP contribution in [0.25, 0.3) is 0 Å². The van der Waals surface area contributed by atoms with E-state index in [1.807, 2.05) is 29.5 Å². The van der Waals surface area contributed by atoms with Gasteiger partial charge in [-0.1, -0.05) is 30.3 Å². The fraction of sp³-hybridized carbons (Fsp3) is 0.348. The highest BCUT2D eigenvalue weighted by atomic mass is 32.1. The first-order valence-corrected chi connectivity index (χ1v) is 11.3. The van der Waals surface area contributed by atoms with Crippen molar-refractivity contribution in [2.75, 3.05) is 13.1 Å². The van der Waals surface area contributed by atoms with Gasteiger partial charge in [-0.15, -0.1) is 11.3 Å². The monoisotopic (exact) mass is 438 g/mol. The van der Waals surface area contributed by atoms with E-state index < -0.39 is 11.2 Å². The average Bonchev–Trinajstić information content (AvgIpc) is 3.22. The first-order chi connectivity index (χ1) is 15.0. The molecule has 1 aliphatic rings. The lowest BCUT2D eigenvalue weighted by Gasteiger charge is -2.35. The van der Waals surface area contributed by atoms with Gasteiger partial charge in [0.15, 0.2) is 0 Å². The van der Waals surface area contributed by atoms with Gasteiger partial charge in [0.1, 0.15) is 0 Å². The number of nitrogens with one attached hydrogen (secondary N) is 3. The Labute approximate surface area is 184 Å². The Morgan fingerprint density at radius 1 is 1.19 bits per heavy atom. The van der Waals surface area contributed by atoms with E-state index in [1.54, 1.807) is 6.92 Å². The number of aromatic nitrogens is 2. The summed E-state index contributed by atoms with van der Waals surface area (Å²) in [5.41, 5.74) is 2.53. The Hall–Kier alpha value is -2.97. The molecule has 7 nitrogen and oxygen atoms in total. The molecular weight excluding hydrogens is 412 g/mol. The van der Waals surface area contributed by atoms with Crippen molar-refractivity contribution >= 4 is 17.2 Å². The Morgan fingerprint density at radius 2 is 2.00 bits per heavy atom. The SMILES string of the molecule is Cc1[nH]c(=O)[nH]c(=O)c1CCC(=O)NC[C@@H](c1ccccc1)N1CCc2sccc2C1. The maximum absolute atomic E-state index is 12.6. The van der Waals surface area contributed by atoms with Crippen LogP contribution in [-0.4, -0.2) is 33.9 Å². The van der Waals surface area contributed by atoms with E-state index in [9.17, 15) is 14.4 Å². The van der Waals surface area contributed by atoms with Crippen molar-refractivity contribution in [2.45, 2.75) is 38.8 Å². The van der Waals surface area contributed by atoms with E-state index in [1.165, 1.54) is 16.0 Å². The van der Waals surface area contributed by atoms with E-state index in [0.717, 1.165) is 19.5 Å². The van der Waals surface area contributed by atoms with E-state index in [4.69, 9.17) is 0 Å². The van der Waals surface area contributed by atoms with Gasteiger partial charge in [-0.2, -0.15) is 0 Å². The Bertz CT molecular complexity index is 1170. The van der Waals surface area contributed by atoms with Crippen molar-refractivity contribution < 1.29 is 4.79 Å². The summed E-state index contributed by atoms with van der Waals surface area (Å²) in [6, 6.07) is 12.5. The summed E-state index contributed by atoms with van der Waals surface area (Å²) in [6.07, 6.45) is 1.49. The highest BCUT2D eigenvalue weighted by Crippen LogP contribution is 2.30.